The van der Waals surface area contributed by atoms with E-state index in [1.54, 1.807) is 0 Å². The molecule has 1 aliphatic carbocycles. The van der Waals surface area contributed by atoms with Crippen LogP contribution in [0.25, 0.3) is 0 Å². The maximum absolute atomic E-state index is 13.0. The Kier molecular flexibility index (Phi) is 7.00. The molecular weight excluding hydrogens is 422 g/mol. The van der Waals surface area contributed by atoms with Crippen molar-refractivity contribution in [2.45, 2.75) is 45.1 Å². The third-order valence-electron chi connectivity index (χ3n) is 8.20. The van der Waals surface area contributed by atoms with E-state index in [-0.39, 0.29) is 23.8 Å². The van der Waals surface area contributed by atoms with E-state index in [9.17, 15) is 9.59 Å². The van der Waals surface area contributed by atoms with E-state index >= 15 is 0 Å². The molecule has 3 aliphatic rings. The highest BCUT2D eigenvalue weighted by Gasteiger charge is 2.41. The Morgan fingerprint density at radius 3 is 2.24 bits per heavy atom. The Balaban J connectivity index is 1.16. The minimum atomic E-state index is 0.0638. The number of fused-ring (bicyclic) bond motifs is 1. The number of aryl methyl sites for hydroxylation is 1. The van der Waals surface area contributed by atoms with E-state index in [1.165, 1.54) is 18.4 Å². The van der Waals surface area contributed by atoms with Crippen LogP contribution in [-0.2, 0) is 4.79 Å². The zero-order chi connectivity index (χ0) is 23.5. The molecule has 2 saturated heterocycles. The number of nitrogens with one attached hydrogen (secondary N) is 1. The van der Waals surface area contributed by atoms with Crippen LogP contribution in [0.2, 0.25) is 0 Å². The van der Waals surface area contributed by atoms with Gasteiger partial charge in [0.1, 0.15) is 0 Å². The van der Waals surface area contributed by atoms with Crippen LogP contribution in [0.3, 0.4) is 0 Å². The van der Waals surface area contributed by atoms with E-state index < -0.39 is 0 Å². The molecule has 2 amide bonds. The summed E-state index contributed by atoms with van der Waals surface area (Å²) in [5.74, 6) is 1.70. The maximum Gasteiger partial charge on any atom is 0.254 e. The summed E-state index contributed by atoms with van der Waals surface area (Å²) in [6, 6.07) is 18.4. The van der Waals surface area contributed by atoms with Gasteiger partial charge in [0.05, 0.1) is 6.04 Å². The van der Waals surface area contributed by atoms with Crippen LogP contribution >= 0.6 is 0 Å². The van der Waals surface area contributed by atoms with E-state index in [0.29, 0.717) is 11.8 Å². The number of nitrogens with zero attached hydrogens (tertiary/aromatic N) is 2. The molecule has 0 bridgehead atoms. The monoisotopic (exact) mass is 459 g/mol. The second-order valence-corrected chi connectivity index (χ2v) is 10.5. The fourth-order valence-electron chi connectivity index (χ4n) is 6.22. The van der Waals surface area contributed by atoms with E-state index in [4.69, 9.17) is 0 Å². The molecule has 5 heteroatoms. The Bertz CT molecular complexity index is 987. The number of rotatable bonds is 7. The van der Waals surface area contributed by atoms with Gasteiger partial charge in [0, 0.05) is 44.2 Å². The summed E-state index contributed by atoms with van der Waals surface area (Å²) in [4.78, 5) is 30.5. The van der Waals surface area contributed by atoms with Crippen molar-refractivity contribution in [2.24, 2.45) is 17.8 Å². The second-order valence-electron chi connectivity index (χ2n) is 10.5. The highest BCUT2D eigenvalue weighted by Crippen LogP contribution is 2.33. The molecule has 34 heavy (non-hydrogen) atoms. The second kappa shape index (κ2) is 10.3. The van der Waals surface area contributed by atoms with Crippen molar-refractivity contribution in [1.29, 1.82) is 0 Å². The molecule has 5 rings (SSSR count). The lowest BCUT2D eigenvalue weighted by Crippen LogP contribution is -2.36. The summed E-state index contributed by atoms with van der Waals surface area (Å²) in [5, 5.41) is 3.38. The summed E-state index contributed by atoms with van der Waals surface area (Å²) in [6.45, 7) is 6.79. The first-order valence-corrected chi connectivity index (χ1v) is 13.0. The molecule has 2 unspecified atom stereocenters. The van der Waals surface area contributed by atoms with Gasteiger partial charge in [0.2, 0.25) is 5.91 Å². The summed E-state index contributed by atoms with van der Waals surface area (Å²) < 4.78 is 0. The molecule has 0 radical (unpaired) electrons. The van der Waals surface area contributed by atoms with Crippen molar-refractivity contribution in [3.63, 3.8) is 0 Å². The van der Waals surface area contributed by atoms with Gasteiger partial charge in [-0.25, -0.2) is 0 Å². The van der Waals surface area contributed by atoms with Gasteiger partial charge in [0.15, 0.2) is 0 Å². The standard InChI is InChI=1S/C29H37N3O2/c1-21-9-5-8-14-26(21)29(34)32-19-24-17-31(18-25(24)20-32)16-15-27(22-10-3-2-4-11-22)30-28(33)23-12-6-7-13-23/h2-5,8-11,14,23-25,27H,6-7,12-13,15-20H2,1H3,(H,30,33)/t24?,25?,27-/m0/s1. The van der Waals surface area contributed by atoms with Crippen LogP contribution in [0.5, 0.6) is 0 Å². The highest BCUT2D eigenvalue weighted by atomic mass is 16.2. The third kappa shape index (κ3) is 5.05. The predicted octanol–water partition coefficient (Wildman–Crippen LogP) is 4.44. The molecule has 5 nitrogen and oxygen atoms in total. The number of hydrogen-bond donors (Lipinski definition) is 1. The van der Waals surface area contributed by atoms with Gasteiger partial charge >= 0.3 is 0 Å². The first-order chi connectivity index (χ1) is 16.6. The van der Waals surface area contributed by atoms with Crippen LogP contribution in [0.1, 0.15) is 59.6 Å². The van der Waals surface area contributed by atoms with E-state index in [2.05, 4.69) is 39.4 Å². The van der Waals surface area contributed by atoms with Gasteiger partial charge in [-0.1, -0.05) is 61.4 Å². The van der Waals surface area contributed by atoms with Crippen LogP contribution < -0.4 is 5.32 Å². The summed E-state index contributed by atoms with van der Waals surface area (Å²) in [7, 11) is 0. The van der Waals surface area contributed by atoms with Gasteiger partial charge in [-0.05, 0) is 55.2 Å². The topological polar surface area (TPSA) is 52.7 Å². The molecule has 3 fully saturated rings. The van der Waals surface area contributed by atoms with Crippen molar-refractivity contribution < 1.29 is 9.59 Å². The molecular formula is C29H37N3O2. The predicted molar refractivity (Wildman–Crippen MR) is 134 cm³/mol. The fourth-order valence-corrected chi connectivity index (χ4v) is 6.22. The number of carbonyl (C=O) groups excluding carboxylic acids is 2. The van der Waals surface area contributed by atoms with Crippen molar-refractivity contribution in [2.75, 3.05) is 32.7 Å². The van der Waals surface area contributed by atoms with Gasteiger partial charge in [0.25, 0.3) is 5.91 Å². The van der Waals surface area contributed by atoms with Gasteiger partial charge in [-0.2, -0.15) is 0 Å². The Morgan fingerprint density at radius 1 is 0.912 bits per heavy atom. The number of amides is 2. The van der Waals surface area contributed by atoms with Crippen molar-refractivity contribution >= 4 is 11.8 Å². The van der Waals surface area contributed by atoms with Gasteiger partial charge in [-0.15, -0.1) is 0 Å². The average Bonchev–Trinajstić information content (AvgIpc) is 3.59. The molecule has 0 spiro atoms. The molecule has 2 heterocycles. The maximum atomic E-state index is 13.0. The lowest BCUT2D eigenvalue weighted by atomic mass is 10.0. The molecule has 1 saturated carbocycles. The molecule has 2 aromatic carbocycles. The molecule has 1 N–H and O–H groups in total. The lowest BCUT2D eigenvalue weighted by Gasteiger charge is -2.26. The quantitative estimate of drug-likeness (QED) is 0.666. The highest BCUT2D eigenvalue weighted by molar-refractivity contribution is 5.95. The number of benzene rings is 2. The molecule has 0 aromatic heterocycles. The Morgan fingerprint density at radius 2 is 1.56 bits per heavy atom. The van der Waals surface area contributed by atoms with Crippen molar-refractivity contribution in [1.82, 2.24) is 15.1 Å². The minimum Gasteiger partial charge on any atom is -0.349 e. The molecule has 3 atom stereocenters. The molecule has 2 aliphatic heterocycles. The zero-order valence-corrected chi connectivity index (χ0v) is 20.3. The van der Waals surface area contributed by atoms with Gasteiger partial charge in [-0.3, -0.25) is 9.59 Å². The summed E-state index contributed by atoms with van der Waals surface area (Å²) >= 11 is 0. The van der Waals surface area contributed by atoms with Crippen LogP contribution in [0, 0.1) is 24.7 Å². The largest absolute Gasteiger partial charge is 0.349 e. The SMILES string of the molecule is Cc1ccccc1C(=O)N1CC2CN(CC[C@H](NC(=O)C3CCCC3)c3ccccc3)CC2C1. The van der Waals surface area contributed by atoms with Crippen LogP contribution in [0.15, 0.2) is 54.6 Å². The van der Waals surface area contributed by atoms with Crippen LogP contribution in [-0.4, -0.2) is 54.3 Å². The molecule has 2 aromatic rings. The zero-order valence-electron chi connectivity index (χ0n) is 20.3. The minimum absolute atomic E-state index is 0.0638. The third-order valence-corrected chi connectivity index (χ3v) is 8.20. The number of likely N-dealkylation sites (tertiary alicyclic amines) is 2. The van der Waals surface area contributed by atoms with Gasteiger partial charge < -0.3 is 15.1 Å². The normalized spacial score (nSPS) is 23.7. The number of carbonyl (C=O) groups is 2. The Hall–Kier alpha value is -2.66. The number of hydrogen-bond acceptors (Lipinski definition) is 3. The Labute approximate surface area is 203 Å². The van der Waals surface area contributed by atoms with Crippen molar-refractivity contribution in [3.05, 3.63) is 71.3 Å². The van der Waals surface area contributed by atoms with E-state index in [1.807, 2.05) is 37.3 Å². The molecule has 180 valence electrons. The summed E-state index contributed by atoms with van der Waals surface area (Å²) in [6.07, 6.45) is 5.33. The van der Waals surface area contributed by atoms with E-state index in [0.717, 1.165) is 63.1 Å². The lowest BCUT2D eigenvalue weighted by molar-refractivity contribution is -0.125. The smallest absolute Gasteiger partial charge is 0.254 e. The fraction of sp³-hybridized carbons (Fsp3) is 0.517. The first kappa shape index (κ1) is 23.1. The summed E-state index contributed by atoms with van der Waals surface area (Å²) in [5.41, 5.74) is 3.09. The van der Waals surface area contributed by atoms with Crippen LogP contribution in [0.4, 0.5) is 0 Å². The average molecular weight is 460 g/mol. The van der Waals surface area contributed by atoms with Crippen molar-refractivity contribution in [3.8, 4) is 0 Å². The first-order valence-electron chi connectivity index (χ1n) is 13.0.